The fraction of sp³-hybridized carbons (Fsp3) is 0.0588. The molecule has 0 unspecified atom stereocenters. The van der Waals surface area contributed by atoms with Crippen LogP contribution in [-0.4, -0.2) is 21.0 Å². The fourth-order valence-corrected chi connectivity index (χ4v) is 2.36. The van der Waals surface area contributed by atoms with E-state index >= 15 is 0 Å². The first kappa shape index (κ1) is 15.8. The van der Waals surface area contributed by atoms with E-state index in [1.165, 1.54) is 6.08 Å². The van der Waals surface area contributed by atoms with Crippen molar-refractivity contribution >= 4 is 28.7 Å². The number of aromatic nitrogens is 2. The number of rotatable bonds is 3. The molecule has 0 aliphatic carbocycles. The largest absolute Gasteiger partial charge is 0.478 e. The highest BCUT2D eigenvalue weighted by Gasteiger charge is 2.30. The second-order valence-electron chi connectivity index (χ2n) is 5.08. The summed E-state index contributed by atoms with van der Waals surface area (Å²) in [4.78, 5) is 18.6. The summed E-state index contributed by atoms with van der Waals surface area (Å²) in [6.45, 7) is 0. The SMILES string of the molecule is O=C(O)/C(=C/c1c[nH]c2ncccc12)c1ccc(C(F)(F)F)cc1. The molecule has 2 aromatic heterocycles. The van der Waals surface area contributed by atoms with E-state index in [1.54, 1.807) is 24.5 Å². The first-order chi connectivity index (χ1) is 11.4. The highest BCUT2D eigenvalue weighted by molar-refractivity contribution is 6.21. The summed E-state index contributed by atoms with van der Waals surface area (Å²) in [5, 5.41) is 10.1. The van der Waals surface area contributed by atoms with Crippen LogP contribution >= 0.6 is 0 Å². The van der Waals surface area contributed by atoms with Gasteiger partial charge in [0.2, 0.25) is 0 Å². The Kier molecular flexibility index (Phi) is 3.84. The number of alkyl halides is 3. The van der Waals surface area contributed by atoms with Gasteiger partial charge in [-0.3, -0.25) is 0 Å². The summed E-state index contributed by atoms with van der Waals surface area (Å²) in [5.41, 5.74) is 0.450. The molecule has 0 spiro atoms. The maximum atomic E-state index is 12.6. The Morgan fingerprint density at radius 2 is 1.88 bits per heavy atom. The quantitative estimate of drug-likeness (QED) is 0.706. The Morgan fingerprint density at radius 3 is 2.50 bits per heavy atom. The summed E-state index contributed by atoms with van der Waals surface area (Å²) in [6.07, 6.45) is 0.143. The van der Waals surface area contributed by atoms with Crippen LogP contribution in [0.15, 0.2) is 48.8 Å². The highest BCUT2D eigenvalue weighted by Crippen LogP contribution is 2.31. The first-order valence-electron chi connectivity index (χ1n) is 6.91. The topological polar surface area (TPSA) is 66.0 Å². The minimum atomic E-state index is -4.46. The van der Waals surface area contributed by atoms with Crippen molar-refractivity contribution in [1.29, 1.82) is 0 Å². The van der Waals surface area contributed by atoms with E-state index in [-0.39, 0.29) is 11.1 Å². The first-order valence-corrected chi connectivity index (χ1v) is 6.91. The van der Waals surface area contributed by atoms with Crippen LogP contribution in [0.5, 0.6) is 0 Å². The molecule has 4 nitrogen and oxygen atoms in total. The lowest BCUT2D eigenvalue weighted by molar-refractivity contribution is -0.137. The number of aliphatic carboxylic acids is 1. The zero-order valence-electron chi connectivity index (χ0n) is 12.1. The third-order valence-corrected chi connectivity index (χ3v) is 3.54. The summed E-state index contributed by atoms with van der Waals surface area (Å²) < 4.78 is 37.9. The number of nitrogens with one attached hydrogen (secondary N) is 1. The minimum Gasteiger partial charge on any atom is -0.478 e. The molecule has 0 aliphatic rings. The van der Waals surface area contributed by atoms with Gasteiger partial charge in [-0.1, -0.05) is 12.1 Å². The lowest BCUT2D eigenvalue weighted by Crippen LogP contribution is -2.05. The summed E-state index contributed by atoms with van der Waals surface area (Å²) in [7, 11) is 0. The lowest BCUT2D eigenvalue weighted by Gasteiger charge is -2.08. The number of hydrogen-bond acceptors (Lipinski definition) is 2. The van der Waals surface area contributed by atoms with Gasteiger partial charge in [-0.15, -0.1) is 0 Å². The second kappa shape index (κ2) is 5.84. The predicted octanol–water partition coefficient (Wildman–Crippen LogP) is 4.21. The van der Waals surface area contributed by atoms with Crippen molar-refractivity contribution in [2.24, 2.45) is 0 Å². The van der Waals surface area contributed by atoms with Crippen LogP contribution in [0.1, 0.15) is 16.7 Å². The summed E-state index contributed by atoms with van der Waals surface area (Å²) in [5.74, 6) is -1.23. The Bertz CT molecular complexity index is 925. The van der Waals surface area contributed by atoms with E-state index in [2.05, 4.69) is 9.97 Å². The molecule has 0 aliphatic heterocycles. The van der Waals surface area contributed by atoms with E-state index < -0.39 is 17.7 Å². The molecule has 24 heavy (non-hydrogen) atoms. The number of benzene rings is 1. The molecule has 0 atom stereocenters. The number of nitrogens with zero attached hydrogens (tertiary/aromatic N) is 1. The average molecular weight is 332 g/mol. The van der Waals surface area contributed by atoms with Crippen molar-refractivity contribution < 1.29 is 23.1 Å². The molecule has 0 saturated heterocycles. The van der Waals surface area contributed by atoms with Crippen LogP contribution in [0.3, 0.4) is 0 Å². The number of carbonyl (C=O) groups is 1. The summed E-state index contributed by atoms with van der Waals surface area (Å²) in [6, 6.07) is 7.51. The number of aromatic amines is 1. The Balaban J connectivity index is 2.06. The van der Waals surface area contributed by atoms with Crippen molar-refractivity contribution in [3.8, 4) is 0 Å². The molecule has 0 amide bonds. The van der Waals surface area contributed by atoms with Crippen molar-refractivity contribution in [2.45, 2.75) is 6.18 Å². The molecule has 0 fully saturated rings. The van der Waals surface area contributed by atoms with E-state index in [0.29, 0.717) is 11.2 Å². The molecule has 0 saturated carbocycles. The molecule has 0 radical (unpaired) electrons. The molecule has 7 heteroatoms. The number of halogens is 3. The standard InChI is InChI=1S/C17H11F3N2O2/c18-17(19,20)12-5-3-10(4-6-12)14(16(23)24)8-11-9-22-15-13(11)2-1-7-21-15/h1-9H,(H,21,22)(H,23,24)/b14-8+. The van der Waals surface area contributed by atoms with Crippen LogP contribution in [-0.2, 0) is 11.0 Å². The van der Waals surface area contributed by atoms with Gasteiger partial charge in [-0.2, -0.15) is 13.2 Å². The summed E-state index contributed by atoms with van der Waals surface area (Å²) >= 11 is 0. The minimum absolute atomic E-state index is 0.103. The molecule has 3 rings (SSSR count). The van der Waals surface area contributed by atoms with Crippen molar-refractivity contribution in [3.63, 3.8) is 0 Å². The molecule has 122 valence electrons. The lowest BCUT2D eigenvalue weighted by atomic mass is 10.0. The van der Waals surface area contributed by atoms with Gasteiger partial charge in [0, 0.05) is 23.3 Å². The average Bonchev–Trinajstić information content (AvgIpc) is 2.95. The van der Waals surface area contributed by atoms with Gasteiger partial charge in [0.1, 0.15) is 5.65 Å². The van der Waals surface area contributed by atoms with E-state index in [4.69, 9.17) is 0 Å². The zero-order valence-corrected chi connectivity index (χ0v) is 12.1. The zero-order chi connectivity index (χ0) is 17.3. The molecule has 1 aromatic carbocycles. The van der Waals surface area contributed by atoms with Crippen LogP contribution in [0.2, 0.25) is 0 Å². The molecular weight excluding hydrogens is 321 g/mol. The molecule has 0 bridgehead atoms. The molecule has 2 heterocycles. The Hall–Kier alpha value is -3.09. The third kappa shape index (κ3) is 3.01. The van der Waals surface area contributed by atoms with Crippen LogP contribution in [0.25, 0.3) is 22.7 Å². The van der Waals surface area contributed by atoms with Crippen molar-refractivity contribution in [3.05, 3.63) is 65.5 Å². The predicted molar refractivity (Wildman–Crippen MR) is 83.0 cm³/mol. The van der Waals surface area contributed by atoms with Gasteiger partial charge in [0.05, 0.1) is 11.1 Å². The molecular formula is C17H11F3N2O2. The number of H-pyrrole nitrogens is 1. The van der Waals surface area contributed by atoms with Crippen LogP contribution < -0.4 is 0 Å². The number of pyridine rings is 1. The highest BCUT2D eigenvalue weighted by atomic mass is 19.4. The molecule has 3 aromatic rings. The number of fused-ring (bicyclic) bond motifs is 1. The third-order valence-electron chi connectivity index (χ3n) is 3.54. The second-order valence-corrected chi connectivity index (χ2v) is 5.08. The Morgan fingerprint density at radius 1 is 1.17 bits per heavy atom. The monoisotopic (exact) mass is 332 g/mol. The van der Waals surface area contributed by atoms with Gasteiger partial charge >= 0.3 is 12.1 Å². The normalized spacial score (nSPS) is 12.5. The number of carboxylic acid groups (broad SMARTS) is 1. The van der Waals surface area contributed by atoms with Crippen LogP contribution in [0.4, 0.5) is 13.2 Å². The van der Waals surface area contributed by atoms with Gasteiger partial charge in [0.25, 0.3) is 0 Å². The van der Waals surface area contributed by atoms with Crippen molar-refractivity contribution in [1.82, 2.24) is 9.97 Å². The van der Waals surface area contributed by atoms with Gasteiger partial charge < -0.3 is 10.1 Å². The van der Waals surface area contributed by atoms with Gasteiger partial charge in [-0.25, -0.2) is 9.78 Å². The fourth-order valence-electron chi connectivity index (χ4n) is 2.36. The van der Waals surface area contributed by atoms with Gasteiger partial charge in [0.15, 0.2) is 0 Å². The van der Waals surface area contributed by atoms with E-state index in [0.717, 1.165) is 29.7 Å². The maximum Gasteiger partial charge on any atom is 0.416 e. The number of hydrogen-bond donors (Lipinski definition) is 2. The van der Waals surface area contributed by atoms with Gasteiger partial charge in [-0.05, 0) is 35.9 Å². The van der Waals surface area contributed by atoms with E-state index in [1.807, 2.05) is 0 Å². The van der Waals surface area contributed by atoms with Crippen molar-refractivity contribution in [2.75, 3.05) is 0 Å². The molecule has 2 N–H and O–H groups in total. The van der Waals surface area contributed by atoms with E-state index in [9.17, 15) is 23.1 Å². The maximum absolute atomic E-state index is 12.6. The number of carboxylic acids is 1. The van der Waals surface area contributed by atoms with Crippen LogP contribution in [0, 0.1) is 0 Å². The smallest absolute Gasteiger partial charge is 0.416 e. The Labute approximate surface area is 134 Å².